The molecule has 0 bridgehead atoms. The predicted octanol–water partition coefficient (Wildman–Crippen LogP) is 3.72. The summed E-state index contributed by atoms with van der Waals surface area (Å²) in [5.74, 6) is 1.57. The minimum atomic E-state index is 0.0677. The number of hydrogen-bond acceptors (Lipinski definition) is 3. The molecule has 2 saturated heterocycles. The van der Waals surface area contributed by atoms with Gasteiger partial charge in [-0.05, 0) is 49.1 Å². The zero-order valence-electron chi connectivity index (χ0n) is 18.0. The number of aryl methyl sites for hydroxylation is 1. The Bertz CT molecular complexity index is 1140. The average Bonchev–Trinajstić information content (AvgIpc) is 3.36. The predicted molar refractivity (Wildman–Crippen MR) is 120 cm³/mol. The Hall–Kier alpha value is -3.15. The zero-order chi connectivity index (χ0) is 21.4. The fourth-order valence-corrected chi connectivity index (χ4v) is 4.98. The molecule has 6 nitrogen and oxygen atoms in total. The molecule has 2 fully saturated rings. The number of nitrogens with zero attached hydrogens (tertiary/aromatic N) is 4. The van der Waals surface area contributed by atoms with E-state index in [-0.39, 0.29) is 17.7 Å². The molecular formula is C25H28N4O2. The smallest absolute Gasteiger partial charge is 0.253 e. The molecule has 2 amide bonds. The van der Waals surface area contributed by atoms with Crippen LogP contribution in [-0.4, -0.2) is 50.8 Å². The molecule has 31 heavy (non-hydrogen) atoms. The molecule has 3 aromatic rings. The number of aromatic nitrogens is 2. The Morgan fingerprint density at radius 3 is 2.77 bits per heavy atom. The van der Waals surface area contributed by atoms with Gasteiger partial charge in [0, 0.05) is 51.1 Å². The van der Waals surface area contributed by atoms with E-state index in [9.17, 15) is 9.59 Å². The summed E-state index contributed by atoms with van der Waals surface area (Å²) >= 11 is 0. The third-order valence-corrected chi connectivity index (χ3v) is 6.61. The number of amides is 2. The SMILES string of the molecule is Cn1c([C@@H]2CCCN(C(=O)c3cccc(CN4CCCC4=O)c3)C2)nc2ccccc21. The molecule has 5 rings (SSSR count). The highest BCUT2D eigenvalue weighted by atomic mass is 16.2. The summed E-state index contributed by atoms with van der Waals surface area (Å²) in [5, 5.41) is 0. The number of rotatable bonds is 4. The van der Waals surface area contributed by atoms with Crippen LogP contribution in [0.5, 0.6) is 0 Å². The van der Waals surface area contributed by atoms with Crippen molar-refractivity contribution in [2.24, 2.45) is 7.05 Å². The molecule has 1 aromatic heterocycles. The minimum absolute atomic E-state index is 0.0677. The Kier molecular flexibility index (Phi) is 5.22. The summed E-state index contributed by atoms with van der Waals surface area (Å²) in [6.07, 6.45) is 3.57. The first kappa shape index (κ1) is 19.8. The molecule has 0 aliphatic carbocycles. The second-order valence-electron chi connectivity index (χ2n) is 8.73. The number of carbonyl (C=O) groups is 2. The molecule has 0 spiro atoms. The summed E-state index contributed by atoms with van der Waals surface area (Å²) in [5.41, 5.74) is 3.86. The van der Waals surface area contributed by atoms with Crippen LogP contribution in [0.2, 0.25) is 0 Å². The summed E-state index contributed by atoms with van der Waals surface area (Å²) in [4.78, 5) is 34.0. The molecule has 0 N–H and O–H groups in total. The lowest BCUT2D eigenvalue weighted by atomic mass is 9.96. The van der Waals surface area contributed by atoms with Gasteiger partial charge >= 0.3 is 0 Å². The number of imidazole rings is 1. The van der Waals surface area contributed by atoms with E-state index in [1.54, 1.807) is 0 Å². The van der Waals surface area contributed by atoms with E-state index in [1.165, 1.54) is 0 Å². The van der Waals surface area contributed by atoms with E-state index in [4.69, 9.17) is 4.98 Å². The lowest BCUT2D eigenvalue weighted by molar-refractivity contribution is -0.128. The second kappa shape index (κ2) is 8.17. The van der Waals surface area contributed by atoms with Crippen LogP contribution in [0.15, 0.2) is 48.5 Å². The van der Waals surface area contributed by atoms with Crippen molar-refractivity contribution in [1.29, 1.82) is 0 Å². The maximum Gasteiger partial charge on any atom is 0.253 e. The Morgan fingerprint density at radius 2 is 1.97 bits per heavy atom. The molecule has 0 saturated carbocycles. The average molecular weight is 417 g/mol. The summed E-state index contributed by atoms with van der Waals surface area (Å²) in [6, 6.07) is 15.9. The van der Waals surface area contributed by atoms with Crippen molar-refractivity contribution in [3.63, 3.8) is 0 Å². The van der Waals surface area contributed by atoms with Crippen LogP contribution in [0.1, 0.15) is 53.3 Å². The molecule has 2 aliphatic rings. The number of hydrogen-bond donors (Lipinski definition) is 0. The molecule has 1 atom stereocenters. The molecule has 0 radical (unpaired) electrons. The summed E-state index contributed by atoms with van der Waals surface area (Å²) < 4.78 is 2.17. The third-order valence-electron chi connectivity index (χ3n) is 6.61. The quantitative estimate of drug-likeness (QED) is 0.651. The highest BCUT2D eigenvalue weighted by Gasteiger charge is 2.29. The fourth-order valence-electron chi connectivity index (χ4n) is 4.98. The van der Waals surface area contributed by atoms with Crippen molar-refractivity contribution in [3.05, 3.63) is 65.5 Å². The molecule has 2 aliphatic heterocycles. The zero-order valence-corrected chi connectivity index (χ0v) is 18.0. The molecule has 6 heteroatoms. The Balaban J connectivity index is 1.33. The van der Waals surface area contributed by atoms with Gasteiger partial charge in [0.05, 0.1) is 11.0 Å². The van der Waals surface area contributed by atoms with Crippen molar-refractivity contribution >= 4 is 22.8 Å². The van der Waals surface area contributed by atoms with Crippen LogP contribution >= 0.6 is 0 Å². The highest BCUT2D eigenvalue weighted by molar-refractivity contribution is 5.94. The molecular weight excluding hydrogens is 388 g/mol. The van der Waals surface area contributed by atoms with Gasteiger partial charge in [0.2, 0.25) is 5.91 Å². The van der Waals surface area contributed by atoms with Gasteiger partial charge < -0.3 is 14.4 Å². The summed E-state index contributed by atoms with van der Waals surface area (Å²) in [7, 11) is 2.06. The monoisotopic (exact) mass is 416 g/mol. The van der Waals surface area contributed by atoms with Gasteiger partial charge in [-0.2, -0.15) is 0 Å². The van der Waals surface area contributed by atoms with Gasteiger partial charge in [0.15, 0.2) is 0 Å². The van der Waals surface area contributed by atoms with Gasteiger partial charge in [-0.25, -0.2) is 4.98 Å². The van der Waals surface area contributed by atoms with Crippen LogP contribution in [0.4, 0.5) is 0 Å². The Morgan fingerprint density at radius 1 is 1.10 bits per heavy atom. The lowest BCUT2D eigenvalue weighted by Gasteiger charge is -2.32. The first-order chi connectivity index (χ1) is 15.1. The van der Waals surface area contributed by atoms with Crippen LogP contribution in [0.3, 0.4) is 0 Å². The largest absolute Gasteiger partial charge is 0.338 e. The van der Waals surface area contributed by atoms with Crippen LogP contribution < -0.4 is 0 Å². The maximum absolute atomic E-state index is 13.3. The van der Waals surface area contributed by atoms with E-state index in [1.807, 2.05) is 52.3 Å². The Labute approximate surface area is 182 Å². The molecule has 160 valence electrons. The van der Waals surface area contributed by atoms with E-state index in [2.05, 4.69) is 17.7 Å². The second-order valence-corrected chi connectivity index (χ2v) is 8.73. The normalized spacial score (nSPS) is 19.4. The van der Waals surface area contributed by atoms with Crippen molar-refractivity contribution in [2.75, 3.05) is 19.6 Å². The highest BCUT2D eigenvalue weighted by Crippen LogP contribution is 2.29. The van der Waals surface area contributed by atoms with Crippen molar-refractivity contribution in [2.45, 2.75) is 38.1 Å². The van der Waals surface area contributed by atoms with Crippen molar-refractivity contribution < 1.29 is 9.59 Å². The van der Waals surface area contributed by atoms with Crippen LogP contribution in [0, 0.1) is 0 Å². The van der Waals surface area contributed by atoms with Crippen LogP contribution in [-0.2, 0) is 18.4 Å². The maximum atomic E-state index is 13.3. The van der Waals surface area contributed by atoms with Crippen molar-refractivity contribution in [3.8, 4) is 0 Å². The third kappa shape index (κ3) is 3.82. The molecule has 0 unspecified atom stereocenters. The first-order valence-corrected chi connectivity index (χ1v) is 11.2. The standard InChI is InChI=1S/C25H28N4O2/c1-27-22-11-3-2-10-21(22)26-24(27)20-9-5-14-29(17-20)25(31)19-8-4-7-18(15-19)16-28-13-6-12-23(28)30/h2-4,7-8,10-11,15,20H,5-6,9,12-14,16-17H2,1H3/t20-/m1/s1. The number of piperidine rings is 1. The van der Waals surface area contributed by atoms with E-state index in [0.717, 1.165) is 54.8 Å². The number of para-hydroxylation sites is 2. The van der Waals surface area contributed by atoms with Gasteiger partial charge in [-0.15, -0.1) is 0 Å². The summed E-state index contributed by atoms with van der Waals surface area (Å²) in [6.45, 7) is 2.85. The van der Waals surface area contributed by atoms with Crippen molar-refractivity contribution in [1.82, 2.24) is 19.4 Å². The van der Waals surface area contributed by atoms with Gasteiger partial charge in [-0.3, -0.25) is 9.59 Å². The van der Waals surface area contributed by atoms with Gasteiger partial charge in [0.1, 0.15) is 5.82 Å². The number of fused-ring (bicyclic) bond motifs is 1. The molecule has 2 aromatic carbocycles. The van der Waals surface area contributed by atoms with E-state index in [0.29, 0.717) is 25.1 Å². The van der Waals surface area contributed by atoms with Crippen LogP contribution in [0.25, 0.3) is 11.0 Å². The topological polar surface area (TPSA) is 58.4 Å². The lowest BCUT2D eigenvalue weighted by Crippen LogP contribution is -2.39. The fraction of sp³-hybridized carbons (Fsp3) is 0.400. The minimum Gasteiger partial charge on any atom is -0.338 e. The van der Waals surface area contributed by atoms with E-state index >= 15 is 0 Å². The van der Waals surface area contributed by atoms with Gasteiger partial charge in [0.25, 0.3) is 5.91 Å². The van der Waals surface area contributed by atoms with E-state index < -0.39 is 0 Å². The number of carbonyl (C=O) groups excluding carboxylic acids is 2. The number of benzene rings is 2. The van der Waals surface area contributed by atoms with Gasteiger partial charge in [-0.1, -0.05) is 24.3 Å². The first-order valence-electron chi connectivity index (χ1n) is 11.2. The number of likely N-dealkylation sites (tertiary alicyclic amines) is 2. The molecule has 3 heterocycles.